The molecule has 0 radical (unpaired) electrons. The predicted molar refractivity (Wildman–Crippen MR) is 81.8 cm³/mol. The largest absolute Gasteiger partial charge is 0.482 e. The van der Waals surface area contributed by atoms with Crippen molar-refractivity contribution in [3.63, 3.8) is 0 Å². The van der Waals surface area contributed by atoms with Gasteiger partial charge in [0, 0.05) is 24.2 Å². The fourth-order valence-electron chi connectivity index (χ4n) is 2.11. The summed E-state index contributed by atoms with van der Waals surface area (Å²) in [6.07, 6.45) is 0.461. The average Bonchev–Trinajstić information content (AvgIpc) is 2.79. The van der Waals surface area contributed by atoms with E-state index in [0.29, 0.717) is 22.2 Å². The molecule has 1 saturated heterocycles. The number of likely N-dealkylation sites (N-methyl/N-ethyl adjacent to an activating group) is 1. The molecule has 116 valence electrons. The number of nitrogens with zero attached hydrogens (tertiary/aromatic N) is 1. The van der Waals surface area contributed by atoms with Crippen LogP contribution in [0.15, 0.2) is 18.2 Å². The Labute approximate surface area is 133 Å². The van der Waals surface area contributed by atoms with Gasteiger partial charge < -0.3 is 9.64 Å². The van der Waals surface area contributed by atoms with E-state index in [2.05, 4.69) is 0 Å². The number of benzene rings is 1. The van der Waals surface area contributed by atoms with Crippen molar-refractivity contribution in [2.75, 3.05) is 25.2 Å². The second-order valence-electron chi connectivity index (χ2n) is 4.92. The van der Waals surface area contributed by atoms with Crippen LogP contribution in [-0.2, 0) is 14.6 Å². The van der Waals surface area contributed by atoms with Crippen LogP contribution in [0, 0.1) is 0 Å². The Bertz CT molecular complexity index is 648. The molecule has 1 aromatic carbocycles. The quantitative estimate of drug-likeness (QED) is 0.832. The highest BCUT2D eigenvalue weighted by molar-refractivity contribution is 7.91. The maximum atomic E-state index is 12.0. The van der Waals surface area contributed by atoms with Crippen LogP contribution in [0.4, 0.5) is 0 Å². The van der Waals surface area contributed by atoms with Gasteiger partial charge in [-0.25, -0.2) is 8.42 Å². The molecule has 0 bridgehead atoms. The van der Waals surface area contributed by atoms with Crippen molar-refractivity contribution < 1.29 is 17.9 Å². The van der Waals surface area contributed by atoms with E-state index < -0.39 is 9.84 Å². The maximum Gasteiger partial charge on any atom is 0.260 e. The van der Waals surface area contributed by atoms with E-state index in [-0.39, 0.29) is 30.1 Å². The van der Waals surface area contributed by atoms with Crippen LogP contribution in [0.2, 0.25) is 10.0 Å². The molecule has 0 aliphatic carbocycles. The first-order chi connectivity index (χ1) is 9.78. The molecule has 1 amide bonds. The lowest BCUT2D eigenvalue weighted by atomic mass is 10.2. The van der Waals surface area contributed by atoms with Crippen LogP contribution >= 0.6 is 23.2 Å². The highest BCUT2D eigenvalue weighted by Crippen LogP contribution is 2.27. The average molecular weight is 352 g/mol. The minimum Gasteiger partial charge on any atom is -0.482 e. The molecule has 0 spiro atoms. The van der Waals surface area contributed by atoms with Crippen LogP contribution in [0.25, 0.3) is 0 Å². The van der Waals surface area contributed by atoms with Crippen molar-refractivity contribution >= 4 is 38.9 Å². The fraction of sp³-hybridized carbons (Fsp3) is 0.462. The van der Waals surface area contributed by atoms with Gasteiger partial charge in [0.05, 0.1) is 16.5 Å². The van der Waals surface area contributed by atoms with Crippen LogP contribution < -0.4 is 4.74 Å². The van der Waals surface area contributed by atoms with Crippen LogP contribution in [-0.4, -0.2) is 50.4 Å². The van der Waals surface area contributed by atoms with Crippen LogP contribution in [0.5, 0.6) is 5.75 Å². The van der Waals surface area contributed by atoms with Crippen molar-refractivity contribution in [2.24, 2.45) is 0 Å². The van der Waals surface area contributed by atoms with E-state index in [1.807, 2.05) is 0 Å². The first kappa shape index (κ1) is 16.4. The van der Waals surface area contributed by atoms with E-state index in [1.54, 1.807) is 19.2 Å². The first-order valence-corrected chi connectivity index (χ1v) is 8.90. The molecule has 5 nitrogen and oxygen atoms in total. The maximum absolute atomic E-state index is 12.0. The Hall–Kier alpha value is -0.980. The molecular weight excluding hydrogens is 337 g/mol. The fourth-order valence-corrected chi connectivity index (χ4v) is 4.22. The monoisotopic (exact) mass is 351 g/mol. The second-order valence-corrected chi connectivity index (χ2v) is 8.00. The zero-order valence-electron chi connectivity index (χ0n) is 11.4. The van der Waals surface area contributed by atoms with Gasteiger partial charge in [0.2, 0.25) is 0 Å². The highest BCUT2D eigenvalue weighted by Gasteiger charge is 2.32. The number of carbonyl (C=O) groups excluding carboxylic acids is 1. The summed E-state index contributed by atoms with van der Waals surface area (Å²) >= 11 is 11.8. The van der Waals surface area contributed by atoms with Gasteiger partial charge in [0.1, 0.15) is 5.75 Å². The summed E-state index contributed by atoms with van der Waals surface area (Å²) in [6, 6.07) is 4.43. The van der Waals surface area contributed by atoms with Gasteiger partial charge >= 0.3 is 0 Å². The standard InChI is InChI=1S/C13H15Cl2NO4S/c1-16(10-4-5-21(18,19)8-10)13(17)7-20-12-6-9(14)2-3-11(12)15/h2-3,6,10H,4-5,7-8H2,1H3/t10-/m0/s1. The molecule has 1 heterocycles. The number of amides is 1. The predicted octanol–water partition coefficient (Wildman–Crippen LogP) is 2.02. The summed E-state index contributed by atoms with van der Waals surface area (Å²) in [5, 5.41) is 0.815. The number of halogens is 2. The molecule has 0 saturated carbocycles. The molecule has 0 unspecified atom stereocenters. The van der Waals surface area contributed by atoms with Crippen molar-refractivity contribution in [2.45, 2.75) is 12.5 Å². The molecule has 1 aliphatic heterocycles. The number of hydrogen-bond donors (Lipinski definition) is 0. The summed E-state index contributed by atoms with van der Waals surface area (Å²) in [4.78, 5) is 13.5. The van der Waals surface area contributed by atoms with Gasteiger partial charge in [-0.2, -0.15) is 0 Å². The molecule has 2 rings (SSSR count). The van der Waals surface area contributed by atoms with Crippen molar-refractivity contribution in [1.82, 2.24) is 4.90 Å². The number of carbonyl (C=O) groups is 1. The SMILES string of the molecule is CN(C(=O)COc1cc(Cl)ccc1Cl)[C@H]1CCS(=O)(=O)C1. The number of sulfone groups is 1. The Morgan fingerprint density at radius 2 is 2.14 bits per heavy atom. The summed E-state index contributed by atoms with van der Waals surface area (Å²) in [5.41, 5.74) is 0. The van der Waals surface area contributed by atoms with E-state index >= 15 is 0 Å². The molecule has 1 fully saturated rings. The summed E-state index contributed by atoms with van der Waals surface area (Å²) < 4.78 is 28.2. The van der Waals surface area contributed by atoms with Gasteiger partial charge in [-0.1, -0.05) is 23.2 Å². The lowest BCUT2D eigenvalue weighted by Crippen LogP contribution is -2.40. The summed E-state index contributed by atoms with van der Waals surface area (Å²) in [5.74, 6) is 0.154. The summed E-state index contributed by atoms with van der Waals surface area (Å²) in [6.45, 7) is -0.215. The molecule has 0 N–H and O–H groups in total. The molecule has 1 aliphatic rings. The minimum atomic E-state index is -3.03. The number of ether oxygens (including phenoxy) is 1. The Morgan fingerprint density at radius 1 is 1.43 bits per heavy atom. The van der Waals surface area contributed by atoms with Gasteiger partial charge in [-0.3, -0.25) is 4.79 Å². The second kappa shape index (κ2) is 6.42. The normalized spacial score (nSPS) is 20.2. The van der Waals surface area contributed by atoms with Crippen LogP contribution in [0.1, 0.15) is 6.42 Å². The van der Waals surface area contributed by atoms with Gasteiger partial charge in [0.15, 0.2) is 16.4 Å². The van der Waals surface area contributed by atoms with Gasteiger partial charge in [-0.05, 0) is 18.6 Å². The topological polar surface area (TPSA) is 63.7 Å². The highest BCUT2D eigenvalue weighted by atomic mass is 35.5. The third kappa shape index (κ3) is 4.25. The molecule has 0 aromatic heterocycles. The third-order valence-electron chi connectivity index (χ3n) is 3.39. The third-order valence-corrected chi connectivity index (χ3v) is 5.69. The van der Waals surface area contributed by atoms with E-state index in [0.717, 1.165) is 0 Å². The lowest BCUT2D eigenvalue weighted by molar-refractivity contribution is -0.133. The Kier molecular flexibility index (Phi) is 5.01. The first-order valence-electron chi connectivity index (χ1n) is 6.32. The van der Waals surface area contributed by atoms with Gasteiger partial charge in [0.25, 0.3) is 5.91 Å². The summed E-state index contributed by atoms with van der Waals surface area (Å²) in [7, 11) is -1.45. The van der Waals surface area contributed by atoms with E-state index in [9.17, 15) is 13.2 Å². The molecule has 1 aromatic rings. The smallest absolute Gasteiger partial charge is 0.260 e. The van der Waals surface area contributed by atoms with Crippen molar-refractivity contribution in [3.8, 4) is 5.75 Å². The van der Waals surface area contributed by atoms with Crippen molar-refractivity contribution in [3.05, 3.63) is 28.2 Å². The van der Waals surface area contributed by atoms with Crippen LogP contribution in [0.3, 0.4) is 0 Å². The molecular formula is C13H15Cl2NO4S. The molecule has 8 heteroatoms. The minimum absolute atomic E-state index is 0.00710. The molecule has 1 atom stereocenters. The molecule has 21 heavy (non-hydrogen) atoms. The zero-order valence-corrected chi connectivity index (χ0v) is 13.7. The Morgan fingerprint density at radius 3 is 2.76 bits per heavy atom. The number of rotatable bonds is 4. The lowest BCUT2D eigenvalue weighted by Gasteiger charge is -2.23. The zero-order chi connectivity index (χ0) is 15.6. The Balaban J connectivity index is 1.94. The number of hydrogen-bond acceptors (Lipinski definition) is 4. The van der Waals surface area contributed by atoms with E-state index in [1.165, 1.54) is 11.0 Å². The van der Waals surface area contributed by atoms with Crippen molar-refractivity contribution in [1.29, 1.82) is 0 Å². The van der Waals surface area contributed by atoms with Gasteiger partial charge in [-0.15, -0.1) is 0 Å². The van der Waals surface area contributed by atoms with E-state index in [4.69, 9.17) is 27.9 Å².